The molecule has 114 valence electrons. The topological polar surface area (TPSA) is 41.9 Å². The highest BCUT2D eigenvalue weighted by Gasteiger charge is 2.09. The van der Waals surface area contributed by atoms with E-state index in [1.54, 1.807) is 0 Å². The number of aryl methyl sites for hydroxylation is 1. The second-order valence-corrected chi connectivity index (χ2v) is 5.46. The zero-order chi connectivity index (χ0) is 15.0. The van der Waals surface area contributed by atoms with Crippen molar-refractivity contribution in [3.8, 4) is 5.75 Å². The van der Waals surface area contributed by atoms with E-state index in [0.717, 1.165) is 12.3 Å². The Morgan fingerprint density at radius 1 is 1.20 bits per heavy atom. The summed E-state index contributed by atoms with van der Waals surface area (Å²) in [5, 5.41) is 9.81. The SMILES string of the molecule is Cc1ccc(OCCN(C)CC(O)COC(C)C)cc1. The molecule has 0 heterocycles. The van der Waals surface area contributed by atoms with Gasteiger partial charge in [-0.2, -0.15) is 0 Å². The van der Waals surface area contributed by atoms with E-state index >= 15 is 0 Å². The number of benzene rings is 1. The summed E-state index contributed by atoms with van der Waals surface area (Å²) in [7, 11) is 1.97. The third kappa shape index (κ3) is 7.48. The van der Waals surface area contributed by atoms with Crippen molar-refractivity contribution in [1.29, 1.82) is 0 Å². The van der Waals surface area contributed by atoms with Gasteiger partial charge in [-0.15, -0.1) is 0 Å². The van der Waals surface area contributed by atoms with Crippen molar-refractivity contribution < 1.29 is 14.6 Å². The Morgan fingerprint density at radius 3 is 2.45 bits per heavy atom. The van der Waals surface area contributed by atoms with Crippen LogP contribution in [-0.2, 0) is 4.74 Å². The molecule has 1 unspecified atom stereocenters. The van der Waals surface area contributed by atoms with Crippen molar-refractivity contribution in [2.24, 2.45) is 0 Å². The highest BCUT2D eigenvalue weighted by Crippen LogP contribution is 2.11. The molecule has 20 heavy (non-hydrogen) atoms. The van der Waals surface area contributed by atoms with Crippen LogP contribution in [0, 0.1) is 6.92 Å². The highest BCUT2D eigenvalue weighted by atomic mass is 16.5. The smallest absolute Gasteiger partial charge is 0.119 e. The largest absolute Gasteiger partial charge is 0.492 e. The number of hydrogen-bond acceptors (Lipinski definition) is 4. The molecule has 0 saturated carbocycles. The molecular formula is C16H27NO3. The molecule has 0 bridgehead atoms. The molecule has 1 rings (SSSR count). The van der Waals surface area contributed by atoms with Crippen LogP contribution >= 0.6 is 0 Å². The van der Waals surface area contributed by atoms with Crippen LogP contribution in [0.25, 0.3) is 0 Å². The standard InChI is InChI=1S/C16H27NO3/c1-13(2)20-12-15(18)11-17(4)9-10-19-16-7-5-14(3)6-8-16/h5-8,13,15,18H,9-12H2,1-4H3. The number of aliphatic hydroxyl groups excluding tert-OH is 1. The first kappa shape index (κ1) is 17.0. The molecule has 1 aromatic rings. The fraction of sp³-hybridized carbons (Fsp3) is 0.625. The Hall–Kier alpha value is -1.10. The maximum Gasteiger partial charge on any atom is 0.119 e. The lowest BCUT2D eigenvalue weighted by molar-refractivity contribution is -0.00649. The van der Waals surface area contributed by atoms with Gasteiger partial charge in [0.05, 0.1) is 18.8 Å². The van der Waals surface area contributed by atoms with Gasteiger partial charge in [0.25, 0.3) is 0 Å². The van der Waals surface area contributed by atoms with Crippen molar-refractivity contribution in [3.63, 3.8) is 0 Å². The van der Waals surface area contributed by atoms with Gasteiger partial charge in [0.15, 0.2) is 0 Å². The molecule has 0 aromatic heterocycles. The number of rotatable bonds is 9. The van der Waals surface area contributed by atoms with Gasteiger partial charge in [-0.1, -0.05) is 17.7 Å². The molecule has 0 aliphatic heterocycles. The van der Waals surface area contributed by atoms with Crippen LogP contribution in [0.4, 0.5) is 0 Å². The van der Waals surface area contributed by atoms with Crippen molar-refractivity contribution >= 4 is 0 Å². The summed E-state index contributed by atoms with van der Waals surface area (Å²) in [5.74, 6) is 0.882. The summed E-state index contributed by atoms with van der Waals surface area (Å²) >= 11 is 0. The lowest BCUT2D eigenvalue weighted by Crippen LogP contribution is -2.35. The van der Waals surface area contributed by atoms with Gasteiger partial charge in [0.1, 0.15) is 12.4 Å². The monoisotopic (exact) mass is 281 g/mol. The van der Waals surface area contributed by atoms with Gasteiger partial charge in [-0.25, -0.2) is 0 Å². The molecule has 4 heteroatoms. The number of likely N-dealkylation sites (N-methyl/N-ethyl adjacent to an activating group) is 1. The average molecular weight is 281 g/mol. The van der Waals surface area contributed by atoms with E-state index in [0.29, 0.717) is 19.8 Å². The summed E-state index contributed by atoms with van der Waals surface area (Å²) in [5.41, 5.74) is 1.22. The Morgan fingerprint density at radius 2 is 1.85 bits per heavy atom. The van der Waals surface area contributed by atoms with Crippen molar-refractivity contribution in [2.75, 3.05) is 33.4 Å². The zero-order valence-electron chi connectivity index (χ0n) is 13.0. The van der Waals surface area contributed by atoms with E-state index in [1.807, 2.05) is 50.1 Å². The maximum absolute atomic E-state index is 9.81. The molecular weight excluding hydrogens is 254 g/mol. The lowest BCUT2D eigenvalue weighted by atomic mass is 10.2. The minimum absolute atomic E-state index is 0.153. The van der Waals surface area contributed by atoms with Crippen LogP contribution in [0.3, 0.4) is 0 Å². The van der Waals surface area contributed by atoms with E-state index in [4.69, 9.17) is 9.47 Å². The molecule has 0 amide bonds. The van der Waals surface area contributed by atoms with Gasteiger partial charge in [-0.3, -0.25) is 0 Å². The van der Waals surface area contributed by atoms with Crippen LogP contribution in [0.15, 0.2) is 24.3 Å². The number of aliphatic hydroxyl groups is 1. The zero-order valence-corrected chi connectivity index (χ0v) is 13.0. The van der Waals surface area contributed by atoms with Crippen molar-refractivity contribution in [1.82, 2.24) is 4.90 Å². The van der Waals surface area contributed by atoms with E-state index in [1.165, 1.54) is 5.56 Å². The molecule has 0 fully saturated rings. The van der Waals surface area contributed by atoms with E-state index in [-0.39, 0.29) is 6.10 Å². The Kier molecular flexibility index (Phi) is 7.59. The van der Waals surface area contributed by atoms with Crippen LogP contribution in [0.2, 0.25) is 0 Å². The molecule has 1 aromatic carbocycles. The molecule has 4 nitrogen and oxygen atoms in total. The predicted octanol–water partition coefficient (Wildman–Crippen LogP) is 2.09. The Balaban J connectivity index is 2.16. The van der Waals surface area contributed by atoms with Crippen LogP contribution in [-0.4, -0.2) is 55.6 Å². The first-order chi connectivity index (χ1) is 9.47. The van der Waals surface area contributed by atoms with Crippen LogP contribution in [0.1, 0.15) is 19.4 Å². The Bertz CT molecular complexity index is 364. The minimum atomic E-state index is -0.457. The molecule has 1 N–H and O–H groups in total. The van der Waals surface area contributed by atoms with Gasteiger partial charge < -0.3 is 19.5 Å². The predicted molar refractivity (Wildman–Crippen MR) is 81.3 cm³/mol. The Labute approximate surface area is 122 Å². The molecule has 0 aliphatic rings. The number of nitrogens with zero attached hydrogens (tertiary/aromatic N) is 1. The van der Waals surface area contributed by atoms with E-state index in [9.17, 15) is 5.11 Å². The molecule has 0 radical (unpaired) electrons. The third-order valence-electron chi connectivity index (χ3n) is 2.91. The molecule has 0 spiro atoms. The van der Waals surface area contributed by atoms with Gasteiger partial charge in [0.2, 0.25) is 0 Å². The minimum Gasteiger partial charge on any atom is -0.492 e. The quantitative estimate of drug-likeness (QED) is 0.752. The first-order valence-electron chi connectivity index (χ1n) is 7.15. The fourth-order valence-electron chi connectivity index (χ4n) is 1.76. The summed E-state index contributed by atoms with van der Waals surface area (Å²) in [4.78, 5) is 2.04. The molecule has 0 saturated heterocycles. The second kappa shape index (κ2) is 8.95. The maximum atomic E-state index is 9.81. The first-order valence-corrected chi connectivity index (χ1v) is 7.15. The highest BCUT2D eigenvalue weighted by molar-refractivity contribution is 5.26. The molecule has 1 atom stereocenters. The summed E-state index contributed by atoms with van der Waals surface area (Å²) in [6, 6.07) is 8.01. The summed E-state index contributed by atoms with van der Waals surface area (Å²) in [6.45, 7) is 8.32. The lowest BCUT2D eigenvalue weighted by Gasteiger charge is -2.21. The van der Waals surface area contributed by atoms with Crippen LogP contribution in [0.5, 0.6) is 5.75 Å². The van der Waals surface area contributed by atoms with Crippen molar-refractivity contribution in [2.45, 2.75) is 33.0 Å². The number of hydrogen-bond donors (Lipinski definition) is 1. The normalized spacial score (nSPS) is 12.9. The van der Waals surface area contributed by atoms with Gasteiger partial charge in [0, 0.05) is 13.1 Å². The summed E-state index contributed by atoms with van der Waals surface area (Å²) in [6.07, 6.45) is -0.304. The van der Waals surface area contributed by atoms with E-state index < -0.39 is 6.10 Å². The molecule has 0 aliphatic carbocycles. The van der Waals surface area contributed by atoms with Gasteiger partial charge >= 0.3 is 0 Å². The van der Waals surface area contributed by atoms with E-state index in [2.05, 4.69) is 6.92 Å². The average Bonchev–Trinajstić information content (AvgIpc) is 2.38. The fourth-order valence-corrected chi connectivity index (χ4v) is 1.76. The van der Waals surface area contributed by atoms with Crippen LogP contribution < -0.4 is 4.74 Å². The second-order valence-electron chi connectivity index (χ2n) is 5.46. The number of ether oxygens (including phenoxy) is 2. The summed E-state index contributed by atoms with van der Waals surface area (Å²) < 4.78 is 11.0. The third-order valence-corrected chi connectivity index (χ3v) is 2.91. The van der Waals surface area contributed by atoms with Crippen molar-refractivity contribution in [3.05, 3.63) is 29.8 Å². The van der Waals surface area contributed by atoms with Gasteiger partial charge in [-0.05, 0) is 40.0 Å².